The molecule has 1 N–H and O–H groups in total. The van der Waals surface area contributed by atoms with Crippen LogP contribution in [-0.4, -0.2) is 15.7 Å². The van der Waals surface area contributed by atoms with Gasteiger partial charge in [0.15, 0.2) is 11.6 Å². The third-order valence-electron chi connectivity index (χ3n) is 4.34. The lowest BCUT2D eigenvalue weighted by Gasteiger charge is -2.07. The molecule has 2 heterocycles. The molecule has 0 saturated carbocycles. The van der Waals surface area contributed by atoms with Crippen molar-refractivity contribution in [1.82, 2.24) is 9.78 Å². The quantitative estimate of drug-likeness (QED) is 0.379. The standard InChI is InChI=1S/C22H16Cl2FN3O3/c23-16-5-3-7-18(21(16)24)30-13-15-8-9-19(31-15)22(29)26-20-10-11-28(27-20)12-14-4-1-2-6-17(14)25/h1-11H,12-13H2,(H,26,27,29). The van der Waals surface area contributed by atoms with Crippen LogP contribution in [0.25, 0.3) is 0 Å². The van der Waals surface area contributed by atoms with Gasteiger partial charge in [0.2, 0.25) is 0 Å². The Labute approximate surface area is 187 Å². The summed E-state index contributed by atoms with van der Waals surface area (Å²) in [6.45, 7) is 0.321. The number of nitrogens with one attached hydrogen (secondary N) is 1. The van der Waals surface area contributed by atoms with Gasteiger partial charge in [-0.3, -0.25) is 9.48 Å². The number of carbonyl (C=O) groups excluding carboxylic acids is 1. The second-order valence-electron chi connectivity index (χ2n) is 6.55. The lowest BCUT2D eigenvalue weighted by Crippen LogP contribution is -2.12. The molecule has 4 aromatic rings. The predicted octanol–water partition coefficient (Wildman–Crippen LogP) is 5.80. The largest absolute Gasteiger partial charge is 0.484 e. The van der Waals surface area contributed by atoms with Crippen molar-refractivity contribution in [3.8, 4) is 5.75 Å². The lowest BCUT2D eigenvalue weighted by atomic mass is 10.2. The third kappa shape index (κ3) is 5.07. The monoisotopic (exact) mass is 459 g/mol. The van der Waals surface area contributed by atoms with Gasteiger partial charge in [-0.05, 0) is 30.3 Å². The summed E-state index contributed by atoms with van der Waals surface area (Å²) in [6.07, 6.45) is 1.65. The van der Waals surface area contributed by atoms with E-state index < -0.39 is 5.91 Å². The maximum atomic E-state index is 13.8. The number of benzene rings is 2. The number of hydrogen-bond acceptors (Lipinski definition) is 4. The minimum atomic E-state index is -0.469. The van der Waals surface area contributed by atoms with Gasteiger partial charge in [-0.15, -0.1) is 0 Å². The second-order valence-corrected chi connectivity index (χ2v) is 7.34. The molecule has 0 aliphatic rings. The number of furan rings is 1. The minimum absolute atomic E-state index is 0.0740. The highest BCUT2D eigenvalue weighted by Crippen LogP contribution is 2.32. The molecule has 1 amide bonds. The normalized spacial score (nSPS) is 10.8. The maximum Gasteiger partial charge on any atom is 0.292 e. The molecule has 0 fully saturated rings. The molecule has 9 heteroatoms. The summed E-state index contributed by atoms with van der Waals surface area (Å²) in [5, 5.41) is 7.57. The molecule has 158 valence electrons. The van der Waals surface area contributed by atoms with Crippen LogP contribution in [0.4, 0.5) is 10.2 Å². The molecular formula is C22H16Cl2FN3O3. The second kappa shape index (κ2) is 9.24. The Morgan fingerprint density at radius 1 is 1.10 bits per heavy atom. The average molecular weight is 460 g/mol. The summed E-state index contributed by atoms with van der Waals surface area (Å²) in [6, 6.07) is 16.3. The molecule has 0 unspecified atom stereocenters. The van der Waals surface area contributed by atoms with Crippen molar-refractivity contribution >= 4 is 34.9 Å². The van der Waals surface area contributed by atoms with Crippen molar-refractivity contribution in [2.45, 2.75) is 13.2 Å². The molecule has 0 radical (unpaired) electrons. The Morgan fingerprint density at radius 3 is 2.77 bits per heavy atom. The highest BCUT2D eigenvalue weighted by atomic mass is 35.5. The first kappa shape index (κ1) is 21.0. The van der Waals surface area contributed by atoms with Crippen LogP contribution in [-0.2, 0) is 13.2 Å². The number of nitrogens with zero attached hydrogens (tertiary/aromatic N) is 2. The van der Waals surface area contributed by atoms with E-state index in [1.807, 2.05) is 0 Å². The van der Waals surface area contributed by atoms with Crippen molar-refractivity contribution in [2.75, 3.05) is 5.32 Å². The molecule has 0 aliphatic carbocycles. The Balaban J connectivity index is 1.35. The maximum absolute atomic E-state index is 13.8. The van der Waals surface area contributed by atoms with Crippen molar-refractivity contribution in [1.29, 1.82) is 0 Å². The number of amides is 1. The van der Waals surface area contributed by atoms with Gasteiger partial charge in [0.1, 0.15) is 29.0 Å². The number of anilines is 1. The van der Waals surface area contributed by atoms with Crippen molar-refractivity contribution < 1.29 is 18.3 Å². The number of carbonyl (C=O) groups is 1. The number of ether oxygens (including phenoxy) is 1. The van der Waals surface area contributed by atoms with Crippen LogP contribution in [0.5, 0.6) is 5.75 Å². The van der Waals surface area contributed by atoms with Gasteiger partial charge in [0.05, 0.1) is 11.6 Å². The number of hydrogen-bond donors (Lipinski definition) is 1. The summed E-state index contributed by atoms with van der Waals surface area (Å²) in [4.78, 5) is 12.4. The van der Waals surface area contributed by atoms with E-state index in [2.05, 4.69) is 10.4 Å². The fourth-order valence-electron chi connectivity index (χ4n) is 2.82. The Morgan fingerprint density at radius 2 is 1.94 bits per heavy atom. The van der Waals surface area contributed by atoms with E-state index in [-0.39, 0.29) is 24.7 Å². The van der Waals surface area contributed by atoms with Crippen molar-refractivity contribution in [3.63, 3.8) is 0 Å². The summed E-state index contributed by atoms with van der Waals surface area (Å²) in [5.74, 6) is 0.486. The van der Waals surface area contributed by atoms with E-state index in [9.17, 15) is 9.18 Å². The van der Waals surface area contributed by atoms with Crippen LogP contribution < -0.4 is 10.1 Å². The van der Waals surface area contributed by atoms with Crippen LogP contribution >= 0.6 is 23.2 Å². The Hall–Kier alpha value is -3.29. The molecule has 0 atom stereocenters. The number of halogens is 3. The minimum Gasteiger partial charge on any atom is -0.484 e. The fraction of sp³-hybridized carbons (Fsp3) is 0.0909. The van der Waals surface area contributed by atoms with Crippen LogP contribution in [0.3, 0.4) is 0 Å². The first-order chi connectivity index (χ1) is 15.0. The smallest absolute Gasteiger partial charge is 0.292 e. The summed E-state index contributed by atoms with van der Waals surface area (Å²) in [7, 11) is 0. The number of rotatable bonds is 7. The highest BCUT2D eigenvalue weighted by molar-refractivity contribution is 6.42. The predicted molar refractivity (Wildman–Crippen MR) is 115 cm³/mol. The van der Waals surface area contributed by atoms with Gasteiger partial charge in [-0.25, -0.2) is 4.39 Å². The van der Waals surface area contributed by atoms with Crippen LogP contribution in [0.1, 0.15) is 21.9 Å². The fourth-order valence-corrected chi connectivity index (χ4v) is 3.16. The average Bonchev–Trinajstić information content (AvgIpc) is 3.40. The molecule has 4 rings (SSSR count). The van der Waals surface area contributed by atoms with Gasteiger partial charge >= 0.3 is 0 Å². The zero-order valence-corrected chi connectivity index (χ0v) is 17.5. The summed E-state index contributed by atoms with van der Waals surface area (Å²) < 4.78 is 26.4. The Bertz CT molecular complexity index is 1220. The van der Waals surface area contributed by atoms with Gasteiger partial charge in [-0.1, -0.05) is 47.5 Å². The highest BCUT2D eigenvalue weighted by Gasteiger charge is 2.14. The molecular weight excluding hydrogens is 444 g/mol. The van der Waals surface area contributed by atoms with E-state index in [1.54, 1.807) is 54.7 Å². The molecule has 2 aromatic heterocycles. The van der Waals surface area contributed by atoms with E-state index in [4.69, 9.17) is 32.4 Å². The van der Waals surface area contributed by atoms with Crippen LogP contribution in [0.2, 0.25) is 10.0 Å². The van der Waals surface area contributed by atoms with Crippen LogP contribution in [0.15, 0.2) is 71.3 Å². The SMILES string of the molecule is O=C(Nc1ccn(Cc2ccccc2F)n1)c1ccc(COc2cccc(Cl)c2Cl)o1. The molecule has 0 bridgehead atoms. The zero-order valence-electron chi connectivity index (χ0n) is 16.0. The lowest BCUT2D eigenvalue weighted by molar-refractivity contribution is 0.0992. The van der Waals surface area contributed by atoms with E-state index in [1.165, 1.54) is 16.8 Å². The van der Waals surface area contributed by atoms with Gasteiger partial charge in [0.25, 0.3) is 5.91 Å². The first-order valence-electron chi connectivity index (χ1n) is 9.23. The molecule has 0 saturated heterocycles. The van der Waals surface area contributed by atoms with Gasteiger partial charge in [0, 0.05) is 17.8 Å². The molecule has 31 heavy (non-hydrogen) atoms. The molecule has 6 nitrogen and oxygen atoms in total. The zero-order chi connectivity index (χ0) is 21.8. The van der Waals surface area contributed by atoms with Crippen LogP contribution in [0, 0.1) is 5.82 Å². The summed E-state index contributed by atoms with van der Waals surface area (Å²) in [5.41, 5.74) is 0.499. The van der Waals surface area contributed by atoms with Crippen molar-refractivity contribution in [2.24, 2.45) is 0 Å². The molecule has 2 aromatic carbocycles. The summed E-state index contributed by atoms with van der Waals surface area (Å²) >= 11 is 12.0. The first-order valence-corrected chi connectivity index (χ1v) is 9.99. The van der Waals surface area contributed by atoms with E-state index >= 15 is 0 Å². The molecule has 0 aliphatic heterocycles. The topological polar surface area (TPSA) is 69.3 Å². The number of aromatic nitrogens is 2. The third-order valence-corrected chi connectivity index (χ3v) is 5.15. The van der Waals surface area contributed by atoms with Gasteiger partial charge in [-0.2, -0.15) is 5.10 Å². The van der Waals surface area contributed by atoms with Crippen molar-refractivity contribution in [3.05, 3.63) is 99.8 Å². The van der Waals surface area contributed by atoms with E-state index in [0.29, 0.717) is 32.9 Å². The molecule has 0 spiro atoms. The van der Waals surface area contributed by atoms with Gasteiger partial charge < -0.3 is 14.5 Å². The van der Waals surface area contributed by atoms with E-state index in [0.717, 1.165) is 0 Å². The Kier molecular flexibility index (Phi) is 6.25.